The minimum absolute atomic E-state index is 0.108. The van der Waals surface area contributed by atoms with Gasteiger partial charge in [0.2, 0.25) is 0 Å². The van der Waals surface area contributed by atoms with Gasteiger partial charge >= 0.3 is 6.16 Å². The van der Waals surface area contributed by atoms with Crippen molar-refractivity contribution in [3.63, 3.8) is 0 Å². The monoisotopic (exact) mass is 296 g/mol. The van der Waals surface area contributed by atoms with Crippen LogP contribution in [0.5, 0.6) is 0 Å². The van der Waals surface area contributed by atoms with E-state index in [9.17, 15) is 0 Å². The van der Waals surface area contributed by atoms with Crippen LogP contribution in [0.4, 0.5) is 0 Å². The molecule has 7 nitrogen and oxygen atoms in total. The first-order chi connectivity index (χ1) is 9.39. The minimum Gasteiger partial charge on any atom is -0.327 e. The topological polar surface area (TPSA) is 97.6 Å². The van der Waals surface area contributed by atoms with E-state index in [1.807, 2.05) is 20.8 Å². The van der Waals surface area contributed by atoms with Gasteiger partial charge in [-0.25, -0.2) is 0 Å². The molecular weight excluding hydrogens is 268 g/mol. The first-order valence-corrected chi connectivity index (χ1v) is 7.12. The zero-order chi connectivity index (χ0) is 15.5. The van der Waals surface area contributed by atoms with E-state index in [1.54, 1.807) is 0 Å². The van der Waals surface area contributed by atoms with Gasteiger partial charge in [-0.2, -0.15) is 0 Å². The van der Waals surface area contributed by atoms with Gasteiger partial charge in [0.25, 0.3) is 5.97 Å². The lowest BCUT2D eigenvalue weighted by molar-refractivity contribution is -0.461. The van der Waals surface area contributed by atoms with Crippen molar-refractivity contribution in [2.75, 3.05) is 26.4 Å². The summed E-state index contributed by atoms with van der Waals surface area (Å²) in [5, 5.41) is 26.1. The normalized spacial score (nSPS) is 12.9. The van der Waals surface area contributed by atoms with Crippen molar-refractivity contribution in [3.8, 4) is 0 Å². The molecule has 0 saturated heterocycles. The van der Waals surface area contributed by atoms with Crippen LogP contribution in [0.1, 0.15) is 46.5 Å². The molecule has 0 bridgehead atoms. The van der Waals surface area contributed by atoms with Gasteiger partial charge in [0.05, 0.1) is 32.8 Å². The Hall–Kier alpha value is -0.280. The Morgan fingerprint density at radius 3 is 1.35 bits per heavy atom. The van der Waals surface area contributed by atoms with E-state index in [2.05, 4.69) is 4.74 Å². The fraction of sp³-hybridized carbons (Fsp3) is 1.00. The molecule has 0 heterocycles. The molecule has 0 rings (SSSR count). The Morgan fingerprint density at radius 2 is 1.05 bits per heavy atom. The predicted molar refractivity (Wildman–Crippen MR) is 71.4 cm³/mol. The fourth-order valence-corrected chi connectivity index (χ4v) is 1.43. The zero-order valence-electron chi connectivity index (χ0n) is 12.6. The lowest BCUT2D eigenvalue weighted by Crippen LogP contribution is -2.43. The van der Waals surface area contributed by atoms with E-state index in [0.29, 0.717) is 19.8 Å². The molecule has 0 aromatic heterocycles. The van der Waals surface area contributed by atoms with E-state index in [-0.39, 0.29) is 13.0 Å². The number of ether oxygens (including phenoxy) is 4. The first kappa shape index (κ1) is 19.7. The van der Waals surface area contributed by atoms with Crippen molar-refractivity contribution < 1.29 is 34.3 Å². The highest BCUT2D eigenvalue weighted by molar-refractivity contribution is 4.59. The Balaban J connectivity index is 4.57. The fourth-order valence-electron chi connectivity index (χ4n) is 1.43. The van der Waals surface area contributed by atoms with Gasteiger partial charge in [0.15, 0.2) is 0 Å². The third kappa shape index (κ3) is 9.60. The SMILES string of the molecule is CCCOC(CCOC(O)(O)O)(OCCC)OCCC. The molecule has 0 aromatic rings. The maximum atomic E-state index is 8.71. The van der Waals surface area contributed by atoms with Crippen LogP contribution in [0.15, 0.2) is 0 Å². The Kier molecular flexibility index (Phi) is 10.3. The van der Waals surface area contributed by atoms with Gasteiger partial charge in [-0.3, -0.25) is 0 Å². The molecule has 122 valence electrons. The van der Waals surface area contributed by atoms with Crippen LogP contribution in [-0.2, 0) is 18.9 Å². The van der Waals surface area contributed by atoms with Crippen LogP contribution in [0, 0.1) is 0 Å². The summed E-state index contributed by atoms with van der Waals surface area (Å²) >= 11 is 0. The minimum atomic E-state index is -3.16. The average Bonchev–Trinajstić information content (AvgIpc) is 2.38. The van der Waals surface area contributed by atoms with Crippen molar-refractivity contribution in [3.05, 3.63) is 0 Å². The van der Waals surface area contributed by atoms with Crippen LogP contribution >= 0.6 is 0 Å². The summed E-state index contributed by atoms with van der Waals surface area (Å²) in [5.74, 6) is -1.28. The van der Waals surface area contributed by atoms with Crippen molar-refractivity contribution in [1.29, 1.82) is 0 Å². The maximum Gasteiger partial charge on any atom is 0.404 e. The summed E-state index contributed by atoms with van der Waals surface area (Å²) in [4.78, 5) is 0. The van der Waals surface area contributed by atoms with Gasteiger partial charge in [0, 0.05) is 0 Å². The Morgan fingerprint density at radius 1 is 0.650 bits per heavy atom. The summed E-state index contributed by atoms with van der Waals surface area (Å²) in [7, 11) is 0. The summed E-state index contributed by atoms with van der Waals surface area (Å²) in [6.07, 6.45) is -0.686. The quantitative estimate of drug-likeness (QED) is 0.435. The Labute approximate surface area is 120 Å². The zero-order valence-corrected chi connectivity index (χ0v) is 12.6. The van der Waals surface area contributed by atoms with Crippen LogP contribution in [-0.4, -0.2) is 53.9 Å². The van der Waals surface area contributed by atoms with Crippen molar-refractivity contribution >= 4 is 0 Å². The Bertz CT molecular complexity index is 205. The molecule has 0 unspecified atom stereocenters. The molecule has 7 heteroatoms. The predicted octanol–water partition coefficient (Wildman–Crippen LogP) is 0.915. The molecule has 0 atom stereocenters. The van der Waals surface area contributed by atoms with Gasteiger partial charge in [-0.1, -0.05) is 20.8 Å². The molecule has 0 aliphatic rings. The standard InChI is InChI=1S/C13H28O7/c1-4-8-17-12(18-9-5-2,19-10-6-3)7-11-20-13(14,15)16/h14-16H,4-11H2,1-3H3. The van der Waals surface area contributed by atoms with Gasteiger partial charge in [0.1, 0.15) is 0 Å². The molecule has 0 radical (unpaired) electrons. The molecule has 0 aliphatic carbocycles. The van der Waals surface area contributed by atoms with Crippen LogP contribution in [0.2, 0.25) is 0 Å². The van der Waals surface area contributed by atoms with Crippen LogP contribution in [0.25, 0.3) is 0 Å². The van der Waals surface area contributed by atoms with E-state index in [4.69, 9.17) is 29.5 Å². The summed E-state index contributed by atoms with van der Waals surface area (Å²) in [5.41, 5.74) is 0. The molecule has 20 heavy (non-hydrogen) atoms. The molecule has 0 aromatic carbocycles. The van der Waals surface area contributed by atoms with Crippen LogP contribution in [0.3, 0.4) is 0 Å². The highest BCUT2D eigenvalue weighted by atomic mass is 16.9. The smallest absolute Gasteiger partial charge is 0.327 e. The number of rotatable bonds is 13. The second-order valence-electron chi connectivity index (χ2n) is 4.40. The van der Waals surface area contributed by atoms with E-state index in [1.165, 1.54) is 0 Å². The molecular formula is C13H28O7. The van der Waals surface area contributed by atoms with Gasteiger partial charge in [-0.05, 0) is 19.3 Å². The highest BCUT2D eigenvalue weighted by Crippen LogP contribution is 2.22. The second kappa shape index (κ2) is 10.4. The number of aliphatic hydroxyl groups is 3. The number of hydrogen-bond donors (Lipinski definition) is 3. The van der Waals surface area contributed by atoms with Crippen molar-refractivity contribution in [2.45, 2.75) is 58.6 Å². The van der Waals surface area contributed by atoms with E-state index < -0.39 is 12.1 Å². The molecule has 0 aliphatic heterocycles. The van der Waals surface area contributed by atoms with Gasteiger partial charge in [-0.15, -0.1) is 0 Å². The average molecular weight is 296 g/mol. The van der Waals surface area contributed by atoms with E-state index in [0.717, 1.165) is 19.3 Å². The lowest BCUT2D eigenvalue weighted by Gasteiger charge is -2.33. The summed E-state index contributed by atoms with van der Waals surface area (Å²) in [6, 6.07) is 0. The van der Waals surface area contributed by atoms with Gasteiger partial charge < -0.3 is 34.3 Å². The van der Waals surface area contributed by atoms with Crippen molar-refractivity contribution in [1.82, 2.24) is 0 Å². The third-order valence-corrected chi connectivity index (χ3v) is 2.28. The third-order valence-electron chi connectivity index (χ3n) is 2.28. The summed E-state index contributed by atoms with van der Waals surface area (Å²) < 4.78 is 21.3. The highest BCUT2D eigenvalue weighted by Gasteiger charge is 2.34. The summed E-state index contributed by atoms with van der Waals surface area (Å²) in [6.45, 7) is 7.01. The van der Waals surface area contributed by atoms with Crippen LogP contribution < -0.4 is 0 Å². The molecule has 0 spiro atoms. The maximum absolute atomic E-state index is 8.71. The molecule has 0 fully saturated rings. The first-order valence-electron chi connectivity index (χ1n) is 7.12. The molecule has 0 saturated carbocycles. The number of hydrogen-bond acceptors (Lipinski definition) is 7. The van der Waals surface area contributed by atoms with E-state index >= 15 is 0 Å². The largest absolute Gasteiger partial charge is 0.404 e. The lowest BCUT2D eigenvalue weighted by atomic mass is 10.3. The molecule has 0 amide bonds. The van der Waals surface area contributed by atoms with Crippen molar-refractivity contribution in [2.24, 2.45) is 0 Å². The second-order valence-corrected chi connectivity index (χ2v) is 4.40. The molecule has 3 N–H and O–H groups in total.